The Bertz CT molecular complexity index is 1010. The van der Waals surface area contributed by atoms with E-state index in [4.69, 9.17) is 23.2 Å². The first-order chi connectivity index (χ1) is 14.0. The second-order valence-corrected chi connectivity index (χ2v) is 9.30. The summed E-state index contributed by atoms with van der Waals surface area (Å²) >= 11 is 12.4. The number of hydrogen-bond donors (Lipinski definition) is 6. The van der Waals surface area contributed by atoms with Crippen molar-refractivity contribution in [1.29, 1.82) is 0 Å². The molecular formula is C22H24Cl2O6. The molecule has 4 rings (SSSR count). The smallest absolute Gasteiger partial charge is 0.138 e. The van der Waals surface area contributed by atoms with Gasteiger partial charge in [0, 0.05) is 16.0 Å². The fraction of sp³-hybridized carbons (Fsp3) is 0.455. The van der Waals surface area contributed by atoms with E-state index in [9.17, 15) is 30.6 Å². The van der Waals surface area contributed by atoms with E-state index in [1.54, 1.807) is 44.2 Å². The minimum Gasteiger partial charge on any atom is -0.394 e. The van der Waals surface area contributed by atoms with Crippen LogP contribution in [0.2, 0.25) is 10.0 Å². The van der Waals surface area contributed by atoms with Gasteiger partial charge in [0.15, 0.2) is 0 Å². The Balaban J connectivity index is 1.87. The molecule has 2 aromatic rings. The van der Waals surface area contributed by atoms with Crippen molar-refractivity contribution in [2.24, 2.45) is 0 Å². The van der Waals surface area contributed by atoms with Crippen molar-refractivity contribution in [1.82, 2.24) is 0 Å². The zero-order valence-electron chi connectivity index (χ0n) is 16.4. The van der Waals surface area contributed by atoms with Crippen LogP contribution in [0.4, 0.5) is 0 Å². The second-order valence-electron chi connectivity index (χ2n) is 8.49. The highest BCUT2D eigenvalue weighted by atomic mass is 35.5. The van der Waals surface area contributed by atoms with Crippen LogP contribution in [0, 0.1) is 13.8 Å². The van der Waals surface area contributed by atoms with Gasteiger partial charge in [0.1, 0.15) is 22.9 Å². The number of halogens is 2. The molecule has 0 bridgehead atoms. The molecule has 7 atom stereocenters. The van der Waals surface area contributed by atoms with Crippen LogP contribution in [0.3, 0.4) is 0 Å². The lowest BCUT2D eigenvalue weighted by Crippen LogP contribution is -2.99. The van der Waals surface area contributed by atoms with Gasteiger partial charge in [-0.2, -0.15) is 0 Å². The highest BCUT2D eigenvalue weighted by Crippen LogP contribution is 2.75. The monoisotopic (exact) mass is 454 g/mol. The van der Waals surface area contributed by atoms with E-state index >= 15 is 0 Å². The highest BCUT2D eigenvalue weighted by Gasteiger charge is 2.93. The quantitative estimate of drug-likeness (QED) is 0.415. The predicted octanol–water partition coefficient (Wildman–Crippen LogP) is 1.41. The molecule has 2 fully saturated rings. The van der Waals surface area contributed by atoms with E-state index in [1.807, 2.05) is 0 Å². The molecule has 2 aromatic carbocycles. The number of fused-ring (bicyclic) bond motifs is 1. The van der Waals surface area contributed by atoms with Gasteiger partial charge in [-0.15, -0.1) is 0 Å². The Labute approximate surface area is 183 Å². The summed E-state index contributed by atoms with van der Waals surface area (Å²) in [6.45, 7) is 2.71. The van der Waals surface area contributed by atoms with Crippen LogP contribution in [-0.4, -0.2) is 66.3 Å². The zero-order valence-corrected chi connectivity index (χ0v) is 17.9. The van der Waals surface area contributed by atoms with Crippen LogP contribution >= 0.6 is 23.2 Å². The summed E-state index contributed by atoms with van der Waals surface area (Å²) in [4.78, 5) is 0. The predicted molar refractivity (Wildman–Crippen MR) is 112 cm³/mol. The summed E-state index contributed by atoms with van der Waals surface area (Å²) in [6, 6.07) is 9.66. The maximum atomic E-state index is 11.5. The van der Waals surface area contributed by atoms with Crippen molar-refractivity contribution in [3.05, 3.63) is 68.7 Å². The minimum absolute atomic E-state index is 0.326. The molecule has 0 radical (unpaired) electrons. The van der Waals surface area contributed by atoms with Gasteiger partial charge in [-0.25, -0.2) is 0 Å². The van der Waals surface area contributed by atoms with Gasteiger partial charge in [0.2, 0.25) is 0 Å². The largest absolute Gasteiger partial charge is 0.394 e. The molecule has 2 saturated carbocycles. The molecule has 6 N–H and O–H groups in total. The molecule has 2 aliphatic rings. The average Bonchev–Trinajstić information content (AvgIpc) is 2.72. The van der Waals surface area contributed by atoms with E-state index < -0.39 is 47.5 Å². The van der Waals surface area contributed by atoms with Crippen molar-refractivity contribution < 1.29 is 30.6 Å². The van der Waals surface area contributed by atoms with Crippen LogP contribution in [0.5, 0.6) is 0 Å². The van der Waals surface area contributed by atoms with Gasteiger partial charge in [0.25, 0.3) is 0 Å². The molecule has 0 heterocycles. The van der Waals surface area contributed by atoms with Crippen LogP contribution in [0.25, 0.3) is 0 Å². The van der Waals surface area contributed by atoms with Gasteiger partial charge in [-0.1, -0.05) is 47.5 Å². The first kappa shape index (κ1) is 22.0. The van der Waals surface area contributed by atoms with Crippen molar-refractivity contribution in [3.8, 4) is 0 Å². The Kier molecular flexibility index (Phi) is 5.05. The fourth-order valence-electron chi connectivity index (χ4n) is 5.41. The highest BCUT2D eigenvalue weighted by molar-refractivity contribution is 6.31. The summed E-state index contributed by atoms with van der Waals surface area (Å²) in [5.41, 5.74) is -4.59. The van der Waals surface area contributed by atoms with Gasteiger partial charge in [0.05, 0.1) is 18.6 Å². The average molecular weight is 455 g/mol. The van der Waals surface area contributed by atoms with Crippen LogP contribution < -0.4 is 0 Å². The third-order valence-electron chi connectivity index (χ3n) is 7.08. The van der Waals surface area contributed by atoms with Gasteiger partial charge >= 0.3 is 0 Å². The molecule has 6 nitrogen and oxygen atoms in total. The second kappa shape index (κ2) is 6.89. The van der Waals surface area contributed by atoms with E-state index in [2.05, 4.69) is 0 Å². The molecule has 0 aliphatic heterocycles. The maximum absolute atomic E-state index is 11.5. The molecular weight excluding hydrogens is 431 g/mol. The lowest BCUT2D eigenvalue weighted by atomic mass is 9.30. The van der Waals surface area contributed by atoms with Crippen molar-refractivity contribution in [3.63, 3.8) is 0 Å². The van der Waals surface area contributed by atoms with Crippen LogP contribution in [0.15, 0.2) is 36.4 Å². The number of aliphatic hydroxyl groups is 6. The summed E-state index contributed by atoms with van der Waals surface area (Å²) in [5, 5.41) is 66.3. The first-order valence-corrected chi connectivity index (χ1v) is 10.4. The van der Waals surface area contributed by atoms with E-state index in [0.29, 0.717) is 21.2 Å². The van der Waals surface area contributed by atoms with Gasteiger partial charge < -0.3 is 30.6 Å². The van der Waals surface area contributed by atoms with Crippen LogP contribution in [0.1, 0.15) is 34.1 Å². The molecule has 162 valence electrons. The normalized spacial score (nSPS) is 38.4. The van der Waals surface area contributed by atoms with E-state index in [-0.39, 0.29) is 0 Å². The number of hydrogen-bond acceptors (Lipinski definition) is 6. The lowest BCUT2D eigenvalue weighted by Gasteiger charge is -2.80. The molecule has 0 spiro atoms. The summed E-state index contributed by atoms with van der Waals surface area (Å²) in [6.07, 6.45) is -3.25. The summed E-state index contributed by atoms with van der Waals surface area (Å²) in [7, 11) is 0. The van der Waals surface area contributed by atoms with Gasteiger partial charge in [-0.05, 0) is 48.2 Å². The standard InChI is InChI=1S/C22H24Cl2O6/c1-10-3-5-12(7-14(10)23)17-19(27)21(29)18(13-6-4-11(2)15(24)8-13)20(28,16(26)9-25)22(17,21)30/h3-8,16-19,25-30H,9H2,1-2H3/t16-,17?,18?,19?,20+,21+,22+/m1/s1. The van der Waals surface area contributed by atoms with E-state index in [0.717, 1.165) is 11.1 Å². The maximum Gasteiger partial charge on any atom is 0.138 e. The molecule has 0 saturated heterocycles. The minimum atomic E-state index is -2.35. The Hall–Kier alpha value is -1.22. The topological polar surface area (TPSA) is 121 Å². The molecule has 2 aliphatic carbocycles. The number of aryl methyl sites for hydroxylation is 2. The molecule has 0 amide bonds. The third-order valence-corrected chi connectivity index (χ3v) is 7.90. The molecule has 30 heavy (non-hydrogen) atoms. The lowest BCUT2D eigenvalue weighted by molar-refractivity contribution is -0.459. The third kappa shape index (κ3) is 2.36. The fourth-order valence-corrected chi connectivity index (χ4v) is 5.79. The van der Waals surface area contributed by atoms with Crippen molar-refractivity contribution in [2.75, 3.05) is 6.61 Å². The Morgan fingerprint density at radius 3 is 1.93 bits per heavy atom. The van der Waals surface area contributed by atoms with Crippen LogP contribution in [-0.2, 0) is 0 Å². The number of aliphatic hydroxyl groups excluding tert-OH is 3. The number of rotatable bonds is 4. The zero-order chi connectivity index (χ0) is 22.2. The summed E-state index contributed by atoms with van der Waals surface area (Å²) < 4.78 is 0. The van der Waals surface area contributed by atoms with Crippen molar-refractivity contribution >= 4 is 23.2 Å². The molecule has 0 aromatic heterocycles. The SMILES string of the molecule is Cc1ccc(C2C(O)[C@@]3(O)C(c4ccc(C)c(Cl)c4)[C@@](O)([C@H](O)CO)[C@@]23O)cc1Cl. The van der Waals surface area contributed by atoms with E-state index in [1.165, 1.54) is 6.07 Å². The molecule has 8 heteroatoms. The Morgan fingerprint density at radius 2 is 1.43 bits per heavy atom. The van der Waals surface area contributed by atoms with Gasteiger partial charge in [-0.3, -0.25) is 0 Å². The number of benzene rings is 2. The Morgan fingerprint density at radius 1 is 0.933 bits per heavy atom. The van der Waals surface area contributed by atoms with Crippen molar-refractivity contribution in [2.45, 2.75) is 54.7 Å². The summed E-state index contributed by atoms with van der Waals surface area (Å²) in [5.74, 6) is -2.42. The first-order valence-electron chi connectivity index (χ1n) is 9.62. The molecule has 3 unspecified atom stereocenters.